The second-order valence-corrected chi connectivity index (χ2v) is 5.32. The molecule has 0 aliphatic carbocycles. The van der Waals surface area contributed by atoms with Crippen LogP contribution in [0.25, 0.3) is 0 Å². The van der Waals surface area contributed by atoms with Crippen molar-refractivity contribution in [1.29, 1.82) is 0 Å². The van der Waals surface area contributed by atoms with Crippen LogP contribution in [0.2, 0.25) is 0 Å². The predicted molar refractivity (Wildman–Crippen MR) is 72.5 cm³/mol. The van der Waals surface area contributed by atoms with Gasteiger partial charge in [-0.05, 0) is 36.5 Å². The summed E-state index contributed by atoms with van der Waals surface area (Å²) in [6.45, 7) is 4.39. The molecule has 1 rings (SSSR count). The molecular formula is C14H21BrO. The highest BCUT2D eigenvalue weighted by molar-refractivity contribution is 9.10. The van der Waals surface area contributed by atoms with Crippen LogP contribution in [0.15, 0.2) is 28.7 Å². The van der Waals surface area contributed by atoms with Gasteiger partial charge in [-0.25, -0.2) is 0 Å². The molecule has 0 aliphatic rings. The van der Waals surface area contributed by atoms with Gasteiger partial charge in [-0.3, -0.25) is 0 Å². The third kappa shape index (κ3) is 4.67. The minimum Gasteiger partial charge on any atom is -0.393 e. The van der Waals surface area contributed by atoms with E-state index in [1.807, 2.05) is 12.1 Å². The van der Waals surface area contributed by atoms with E-state index in [0.717, 1.165) is 30.2 Å². The van der Waals surface area contributed by atoms with Crippen LogP contribution in [-0.4, -0.2) is 11.2 Å². The summed E-state index contributed by atoms with van der Waals surface area (Å²) in [6, 6.07) is 8.18. The zero-order chi connectivity index (χ0) is 12.0. The zero-order valence-electron chi connectivity index (χ0n) is 10.1. The molecule has 0 saturated carbocycles. The second-order valence-electron chi connectivity index (χ2n) is 4.41. The van der Waals surface area contributed by atoms with Crippen LogP contribution in [0.1, 0.15) is 38.7 Å². The molecule has 1 aromatic rings. The lowest BCUT2D eigenvalue weighted by Crippen LogP contribution is -2.15. The molecule has 16 heavy (non-hydrogen) atoms. The number of aliphatic hydroxyl groups excluding tert-OH is 1. The summed E-state index contributed by atoms with van der Waals surface area (Å²) in [5.74, 6) is 0.655. The number of aliphatic hydroxyl groups is 1. The normalized spacial score (nSPS) is 13.1. The Bertz CT molecular complexity index is 307. The fourth-order valence-corrected chi connectivity index (χ4v) is 2.47. The van der Waals surface area contributed by atoms with E-state index in [-0.39, 0.29) is 6.10 Å². The quantitative estimate of drug-likeness (QED) is 0.831. The van der Waals surface area contributed by atoms with E-state index >= 15 is 0 Å². The van der Waals surface area contributed by atoms with E-state index in [1.165, 1.54) is 5.56 Å². The third-order valence-electron chi connectivity index (χ3n) is 3.12. The molecule has 90 valence electrons. The molecule has 1 nitrogen and oxygen atoms in total. The van der Waals surface area contributed by atoms with Gasteiger partial charge < -0.3 is 5.11 Å². The summed E-state index contributed by atoms with van der Waals surface area (Å²) in [5.41, 5.74) is 1.20. The molecular weight excluding hydrogens is 264 g/mol. The number of hydrogen-bond acceptors (Lipinski definition) is 1. The maximum absolute atomic E-state index is 10.0. The smallest absolute Gasteiger partial charge is 0.0583 e. The molecule has 0 bridgehead atoms. The second kappa shape index (κ2) is 7.08. The van der Waals surface area contributed by atoms with Crippen LogP contribution in [0.4, 0.5) is 0 Å². The van der Waals surface area contributed by atoms with Crippen LogP contribution >= 0.6 is 15.9 Å². The fraction of sp³-hybridized carbons (Fsp3) is 0.571. The number of rotatable bonds is 6. The first-order valence-corrected chi connectivity index (χ1v) is 6.87. The topological polar surface area (TPSA) is 20.2 Å². The Balaban J connectivity index is 2.47. The van der Waals surface area contributed by atoms with Crippen molar-refractivity contribution in [2.24, 2.45) is 5.92 Å². The molecule has 0 aromatic heterocycles. The van der Waals surface area contributed by atoms with E-state index in [1.54, 1.807) is 0 Å². The molecule has 1 N–H and O–H groups in total. The van der Waals surface area contributed by atoms with Gasteiger partial charge in [0.1, 0.15) is 0 Å². The van der Waals surface area contributed by atoms with Crippen molar-refractivity contribution < 1.29 is 5.11 Å². The minimum absolute atomic E-state index is 0.209. The summed E-state index contributed by atoms with van der Waals surface area (Å²) in [4.78, 5) is 0. The minimum atomic E-state index is -0.209. The van der Waals surface area contributed by atoms with Gasteiger partial charge in [-0.1, -0.05) is 54.8 Å². The summed E-state index contributed by atoms with van der Waals surface area (Å²) in [7, 11) is 0. The molecule has 0 saturated heterocycles. The highest BCUT2D eigenvalue weighted by Crippen LogP contribution is 2.19. The zero-order valence-corrected chi connectivity index (χ0v) is 11.7. The van der Waals surface area contributed by atoms with E-state index in [2.05, 4.69) is 41.9 Å². The van der Waals surface area contributed by atoms with Gasteiger partial charge in [0.05, 0.1) is 6.10 Å². The Hall–Kier alpha value is -0.340. The van der Waals surface area contributed by atoms with E-state index < -0.39 is 0 Å². The molecule has 0 radical (unpaired) electrons. The van der Waals surface area contributed by atoms with Crippen molar-refractivity contribution in [2.75, 3.05) is 0 Å². The Kier molecular flexibility index (Phi) is 6.07. The summed E-state index contributed by atoms with van der Waals surface area (Å²) >= 11 is 3.45. The van der Waals surface area contributed by atoms with Gasteiger partial charge in [0.25, 0.3) is 0 Å². The summed E-state index contributed by atoms with van der Waals surface area (Å²) in [6.07, 6.45) is 3.78. The van der Waals surface area contributed by atoms with Crippen LogP contribution in [0.5, 0.6) is 0 Å². The first-order valence-electron chi connectivity index (χ1n) is 6.08. The van der Waals surface area contributed by atoms with Gasteiger partial charge in [0, 0.05) is 4.47 Å². The molecule has 1 unspecified atom stereocenters. The molecule has 0 amide bonds. The molecule has 2 heteroatoms. The van der Waals surface area contributed by atoms with Crippen molar-refractivity contribution in [3.63, 3.8) is 0 Å². The van der Waals surface area contributed by atoms with Crippen molar-refractivity contribution in [1.82, 2.24) is 0 Å². The van der Waals surface area contributed by atoms with Gasteiger partial charge in [0.15, 0.2) is 0 Å². The van der Waals surface area contributed by atoms with Crippen molar-refractivity contribution >= 4 is 15.9 Å². The van der Waals surface area contributed by atoms with E-state index in [9.17, 15) is 5.11 Å². The Morgan fingerprint density at radius 1 is 1.25 bits per heavy atom. The Morgan fingerprint density at radius 3 is 2.50 bits per heavy atom. The Morgan fingerprint density at radius 2 is 1.94 bits per heavy atom. The van der Waals surface area contributed by atoms with Gasteiger partial charge >= 0.3 is 0 Å². The summed E-state index contributed by atoms with van der Waals surface area (Å²) < 4.78 is 1.08. The Labute approximate surface area is 107 Å². The van der Waals surface area contributed by atoms with Crippen LogP contribution in [-0.2, 0) is 6.42 Å². The lowest BCUT2D eigenvalue weighted by Gasteiger charge is -2.17. The maximum Gasteiger partial charge on any atom is 0.0583 e. The highest BCUT2D eigenvalue weighted by Gasteiger charge is 2.12. The third-order valence-corrected chi connectivity index (χ3v) is 3.61. The van der Waals surface area contributed by atoms with Gasteiger partial charge in [-0.15, -0.1) is 0 Å². The number of hydrogen-bond donors (Lipinski definition) is 1. The predicted octanol–water partition coefficient (Wildman–Crippen LogP) is 4.18. The molecule has 1 atom stereocenters. The van der Waals surface area contributed by atoms with Crippen LogP contribution < -0.4 is 0 Å². The first-order chi connectivity index (χ1) is 7.65. The lowest BCUT2D eigenvalue weighted by molar-refractivity contribution is 0.139. The average molecular weight is 285 g/mol. The molecule has 0 heterocycles. The van der Waals surface area contributed by atoms with Crippen molar-refractivity contribution in [2.45, 2.75) is 45.6 Å². The van der Waals surface area contributed by atoms with E-state index in [4.69, 9.17) is 0 Å². The van der Waals surface area contributed by atoms with Crippen molar-refractivity contribution in [3.05, 3.63) is 34.3 Å². The number of benzene rings is 1. The van der Waals surface area contributed by atoms with Gasteiger partial charge in [-0.2, -0.15) is 0 Å². The standard InChI is InChI=1S/C14H21BrO/c1-3-11(4-2)9-14(16)10-12-6-5-7-13(15)8-12/h5-8,11,14,16H,3-4,9-10H2,1-2H3. The van der Waals surface area contributed by atoms with Crippen LogP contribution in [0, 0.1) is 5.92 Å². The molecule has 0 fully saturated rings. The lowest BCUT2D eigenvalue weighted by atomic mass is 9.93. The highest BCUT2D eigenvalue weighted by atomic mass is 79.9. The molecule has 1 aromatic carbocycles. The number of halogens is 1. The monoisotopic (exact) mass is 284 g/mol. The SMILES string of the molecule is CCC(CC)CC(O)Cc1cccc(Br)c1. The molecule has 0 spiro atoms. The van der Waals surface area contributed by atoms with E-state index in [0.29, 0.717) is 5.92 Å². The largest absolute Gasteiger partial charge is 0.393 e. The maximum atomic E-state index is 10.0. The van der Waals surface area contributed by atoms with Crippen LogP contribution in [0.3, 0.4) is 0 Å². The molecule has 0 aliphatic heterocycles. The first kappa shape index (κ1) is 13.7. The van der Waals surface area contributed by atoms with Crippen molar-refractivity contribution in [3.8, 4) is 0 Å². The summed E-state index contributed by atoms with van der Waals surface area (Å²) in [5, 5.41) is 10.0. The fourth-order valence-electron chi connectivity index (χ4n) is 2.03. The average Bonchev–Trinajstić information content (AvgIpc) is 2.26. The van der Waals surface area contributed by atoms with Gasteiger partial charge in [0.2, 0.25) is 0 Å².